The second-order valence-corrected chi connectivity index (χ2v) is 1.98. The number of nitrogens with two attached hydrogens (primary N) is 1. The molecule has 1 rings (SSSR count). The topological polar surface area (TPSA) is 98.9 Å². The molecule has 62 valence electrons. The van der Waals surface area contributed by atoms with Gasteiger partial charge in [-0.3, -0.25) is 4.79 Å². The van der Waals surface area contributed by atoms with Crippen LogP contribution in [0.2, 0.25) is 0 Å². The second-order valence-electron chi connectivity index (χ2n) is 1.98. The Bertz CT molecular complexity index is 179. The lowest BCUT2D eigenvalue weighted by Crippen LogP contribution is -2.51. The Morgan fingerprint density at radius 2 is 1.82 bits per heavy atom. The van der Waals surface area contributed by atoms with E-state index < -0.39 is 17.7 Å². The van der Waals surface area contributed by atoms with Gasteiger partial charge in [-0.1, -0.05) is 0 Å². The average Bonchev–Trinajstić information content (AvgIpc) is 2.34. The number of hydrogen-bond acceptors (Lipinski definition) is 4. The van der Waals surface area contributed by atoms with Crippen molar-refractivity contribution in [3.63, 3.8) is 0 Å². The lowest BCUT2D eigenvalue weighted by atomic mass is 10.3. The van der Waals surface area contributed by atoms with Crippen molar-refractivity contribution in [3.8, 4) is 0 Å². The molecular weight excluding hydrogens is 154 g/mol. The minimum Gasteiger partial charge on any atom is -0.477 e. The molecule has 1 heterocycles. The Morgan fingerprint density at radius 3 is 2.00 bits per heavy atom. The first-order valence-corrected chi connectivity index (χ1v) is 2.91. The van der Waals surface area contributed by atoms with Gasteiger partial charge in [0, 0.05) is 0 Å². The normalized spacial score (nSPS) is 21.5. The van der Waals surface area contributed by atoms with Crippen molar-refractivity contribution in [3.05, 3.63) is 0 Å². The summed E-state index contributed by atoms with van der Waals surface area (Å²) in [4.78, 5) is 21.0. The Morgan fingerprint density at radius 1 is 1.36 bits per heavy atom. The summed E-state index contributed by atoms with van der Waals surface area (Å²) in [5.41, 5.74) is 4.76. The minimum absolute atomic E-state index is 0.0647. The van der Waals surface area contributed by atoms with Gasteiger partial charge in [-0.05, 0) is 0 Å². The van der Waals surface area contributed by atoms with Crippen molar-refractivity contribution in [2.24, 2.45) is 5.73 Å². The van der Waals surface area contributed by atoms with Gasteiger partial charge in [-0.25, -0.2) is 4.79 Å². The van der Waals surface area contributed by atoms with Crippen LogP contribution in [0.5, 0.6) is 0 Å². The quantitative estimate of drug-likeness (QED) is 0.470. The molecule has 1 amide bonds. The first-order valence-electron chi connectivity index (χ1n) is 2.91. The smallest absolute Gasteiger partial charge is 0.375 e. The summed E-state index contributed by atoms with van der Waals surface area (Å²) in [6.07, 6.45) is 0. The van der Waals surface area contributed by atoms with Crippen LogP contribution in [0.25, 0.3) is 0 Å². The van der Waals surface area contributed by atoms with Crippen molar-refractivity contribution >= 4 is 11.9 Å². The van der Waals surface area contributed by atoms with Gasteiger partial charge >= 0.3 is 11.8 Å². The van der Waals surface area contributed by atoms with E-state index >= 15 is 0 Å². The highest BCUT2D eigenvalue weighted by Crippen LogP contribution is 2.18. The number of aliphatic carboxylic acids is 1. The van der Waals surface area contributed by atoms with Crippen LogP contribution in [0.15, 0.2) is 0 Å². The van der Waals surface area contributed by atoms with Crippen LogP contribution < -0.4 is 5.73 Å². The van der Waals surface area contributed by atoms with Gasteiger partial charge in [0.05, 0.1) is 13.2 Å². The van der Waals surface area contributed by atoms with Crippen molar-refractivity contribution in [1.82, 2.24) is 0 Å². The Hall–Kier alpha value is -1.14. The Kier molecular flexibility index (Phi) is 1.79. The van der Waals surface area contributed by atoms with E-state index in [9.17, 15) is 9.59 Å². The van der Waals surface area contributed by atoms with Gasteiger partial charge < -0.3 is 20.3 Å². The maximum atomic E-state index is 10.6. The van der Waals surface area contributed by atoms with Gasteiger partial charge in [0.1, 0.15) is 0 Å². The fourth-order valence-corrected chi connectivity index (χ4v) is 0.784. The third-order valence-electron chi connectivity index (χ3n) is 1.30. The van der Waals surface area contributed by atoms with Crippen LogP contribution in [-0.4, -0.2) is 36.0 Å². The summed E-state index contributed by atoms with van der Waals surface area (Å²) in [7, 11) is 0. The molecule has 0 radical (unpaired) electrons. The summed E-state index contributed by atoms with van der Waals surface area (Å²) in [6, 6.07) is 0. The number of carboxylic acid groups (broad SMARTS) is 1. The first-order chi connectivity index (χ1) is 5.09. The summed E-state index contributed by atoms with van der Waals surface area (Å²) in [6.45, 7) is 0.129. The second kappa shape index (κ2) is 2.48. The highest BCUT2D eigenvalue weighted by molar-refractivity contribution is 6.03. The molecule has 6 nitrogen and oxygen atoms in total. The molecule has 1 aliphatic rings. The number of ether oxygens (including phenoxy) is 2. The van der Waals surface area contributed by atoms with Gasteiger partial charge in [0.2, 0.25) is 0 Å². The highest BCUT2D eigenvalue weighted by Gasteiger charge is 2.51. The van der Waals surface area contributed by atoms with Crippen LogP contribution in [0, 0.1) is 0 Å². The predicted molar refractivity (Wildman–Crippen MR) is 31.5 cm³/mol. The standard InChI is InChI=1S/C5H7NO5/c6-3(7)5(4(8)9)10-1-2-11-5/h1-2H2,(H2,6,7)(H,8,9). The number of carbonyl (C=O) groups is 2. The van der Waals surface area contributed by atoms with E-state index in [2.05, 4.69) is 9.47 Å². The van der Waals surface area contributed by atoms with E-state index in [1.807, 2.05) is 0 Å². The Labute approximate surface area is 61.9 Å². The number of amides is 1. The summed E-state index contributed by atoms with van der Waals surface area (Å²) < 4.78 is 9.13. The average molecular weight is 161 g/mol. The molecule has 1 fully saturated rings. The Balaban J connectivity index is 2.87. The molecule has 6 heteroatoms. The number of hydrogen-bond donors (Lipinski definition) is 2. The zero-order valence-electron chi connectivity index (χ0n) is 5.57. The van der Waals surface area contributed by atoms with Gasteiger partial charge in [0.15, 0.2) is 0 Å². The van der Waals surface area contributed by atoms with E-state index in [1.165, 1.54) is 0 Å². The molecular formula is C5H7NO5. The summed E-state index contributed by atoms with van der Waals surface area (Å²) >= 11 is 0. The molecule has 0 aliphatic carbocycles. The third kappa shape index (κ3) is 1.06. The van der Waals surface area contributed by atoms with E-state index in [-0.39, 0.29) is 13.2 Å². The number of rotatable bonds is 2. The number of carboxylic acids is 1. The molecule has 0 aromatic heterocycles. The van der Waals surface area contributed by atoms with Gasteiger partial charge in [-0.15, -0.1) is 0 Å². The van der Waals surface area contributed by atoms with Gasteiger partial charge in [0.25, 0.3) is 5.91 Å². The molecule has 3 N–H and O–H groups in total. The SMILES string of the molecule is NC(=O)C1(C(=O)O)OCCO1. The van der Waals surface area contributed by atoms with Crippen LogP contribution in [0.3, 0.4) is 0 Å². The van der Waals surface area contributed by atoms with Crippen LogP contribution in [-0.2, 0) is 19.1 Å². The van der Waals surface area contributed by atoms with Crippen molar-refractivity contribution in [2.75, 3.05) is 13.2 Å². The molecule has 0 bridgehead atoms. The first kappa shape index (κ1) is 7.96. The van der Waals surface area contributed by atoms with Crippen LogP contribution in [0.1, 0.15) is 0 Å². The molecule has 0 unspecified atom stereocenters. The van der Waals surface area contributed by atoms with E-state index in [0.717, 1.165) is 0 Å². The van der Waals surface area contributed by atoms with E-state index in [0.29, 0.717) is 0 Å². The molecule has 0 spiro atoms. The van der Waals surface area contributed by atoms with E-state index in [1.54, 1.807) is 0 Å². The fraction of sp³-hybridized carbons (Fsp3) is 0.600. The van der Waals surface area contributed by atoms with Crippen molar-refractivity contribution < 1.29 is 24.2 Å². The van der Waals surface area contributed by atoms with Gasteiger partial charge in [-0.2, -0.15) is 0 Å². The summed E-state index contributed by atoms with van der Waals surface area (Å²) in [5.74, 6) is -4.90. The number of carbonyl (C=O) groups excluding carboxylic acids is 1. The molecule has 1 saturated heterocycles. The van der Waals surface area contributed by atoms with Crippen LogP contribution in [0.4, 0.5) is 0 Å². The maximum Gasteiger partial charge on any atom is 0.375 e. The zero-order valence-corrected chi connectivity index (χ0v) is 5.57. The maximum absolute atomic E-state index is 10.6. The molecule has 0 aromatic rings. The monoisotopic (exact) mass is 161 g/mol. The lowest BCUT2D eigenvalue weighted by molar-refractivity contribution is -0.201. The van der Waals surface area contributed by atoms with Crippen LogP contribution >= 0.6 is 0 Å². The van der Waals surface area contributed by atoms with E-state index in [4.69, 9.17) is 10.8 Å². The zero-order chi connectivity index (χ0) is 8.48. The fourth-order valence-electron chi connectivity index (χ4n) is 0.784. The summed E-state index contributed by atoms with van der Waals surface area (Å²) in [5, 5.41) is 8.48. The molecule has 0 saturated carbocycles. The molecule has 11 heavy (non-hydrogen) atoms. The number of primary amides is 1. The third-order valence-corrected chi connectivity index (χ3v) is 1.30. The molecule has 0 atom stereocenters. The molecule has 0 aromatic carbocycles. The minimum atomic E-state index is -2.25. The molecule has 1 aliphatic heterocycles. The van der Waals surface area contributed by atoms with Crippen molar-refractivity contribution in [1.29, 1.82) is 0 Å². The highest BCUT2D eigenvalue weighted by atomic mass is 16.8. The predicted octanol–water partition coefficient (Wildman–Crippen LogP) is -1.70. The largest absolute Gasteiger partial charge is 0.477 e. The lowest BCUT2D eigenvalue weighted by Gasteiger charge is -2.16. The van der Waals surface area contributed by atoms with Crippen molar-refractivity contribution in [2.45, 2.75) is 5.79 Å².